The zero-order chi connectivity index (χ0) is 9.97. The normalized spacial score (nSPS) is 25.5. The van der Waals surface area contributed by atoms with Crippen LogP contribution in [0.3, 0.4) is 0 Å². The van der Waals surface area contributed by atoms with E-state index < -0.39 is 0 Å². The Morgan fingerprint density at radius 2 is 2.07 bits per heavy atom. The molecule has 0 atom stereocenters. The number of hydrogen-bond acceptors (Lipinski definition) is 2. The molecular weight excluding hydrogens is 174 g/mol. The van der Waals surface area contributed by atoms with E-state index in [4.69, 9.17) is 10.5 Å². The molecule has 2 nitrogen and oxygen atoms in total. The fourth-order valence-corrected chi connectivity index (χ4v) is 2.02. The Bertz CT molecular complexity index is 305. The minimum Gasteiger partial charge on any atom is -0.491 e. The first-order valence-electron chi connectivity index (χ1n) is 5.23. The molecule has 1 aromatic carbocycles. The van der Waals surface area contributed by atoms with Crippen LogP contribution in [0.5, 0.6) is 5.75 Å². The smallest absolute Gasteiger partial charge is 0.142 e. The molecule has 1 aliphatic carbocycles. The van der Waals surface area contributed by atoms with Gasteiger partial charge in [0.25, 0.3) is 0 Å². The van der Waals surface area contributed by atoms with E-state index in [9.17, 15) is 0 Å². The molecule has 0 unspecified atom stereocenters. The van der Waals surface area contributed by atoms with E-state index in [-0.39, 0.29) is 0 Å². The summed E-state index contributed by atoms with van der Waals surface area (Å²) < 4.78 is 5.66. The van der Waals surface area contributed by atoms with Gasteiger partial charge in [0.15, 0.2) is 0 Å². The Morgan fingerprint density at radius 3 is 2.71 bits per heavy atom. The van der Waals surface area contributed by atoms with Gasteiger partial charge in [0.05, 0.1) is 12.3 Å². The van der Waals surface area contributed by atoms with Crippen LogP contribution < -0.4 is 10.5 Å². The van der Waals surface area contributed by atoms with Gasteiger partial charge in [-0.05, 0) is 36.8 Å². The van der Waals surface area contributed by atoms with Crippen LogP contribution in [0, 0.1) is 11.8 Å². The highest BCUT2D eigenvalue weighted by Gasteiger charge is 2.25. The maximum absolute atomic E-state index is 5.77. The first kappa shape index (κ1) is 9.38. The molecule has 0 saturated heterocycles. The lowest BCUT2D eigenvalue weighted by Gasteiger charge is -2.32. The first-order valence-corrected chi connectivity index (χ1v) is 5.23. The Labute approximate surface area is 85.1 Å². The number of rotatable bonds is 3. The van der Waals surface area contributed by atoms with Gasteiger partial charge in [-0.3, -0.25) is 0 Å². The van der Waals surface area contributed by atoms with Gasteiger partial charge in [0.2, 0.25) is 0 Å². The van der Waals surface area contributed by atoms with Gasteiger partial charge < -0.3 is 10.5 Å². The fourth-order valence-electron chi connectivity index (χ4n) is 2.02. The van der Waals surface area contributed by atoms with Crippen molar-refractivity contribution in [3.05, 3.63) is 24.3 Å². The Morgan fingerprint density at radius 1 is 1.36 bits per heavy atom. The fraction of sp³-hybridized carbons (Fsp3) is 0.500. The van der Waals surface area contributed by atoms with Crippen LogP contribution in [0.2, 0.25) is 0 Å². The number of ether oxygens (including phenoxy) is 1. The maximum atomic E-state index is 5.77. The van der Waals surface area contributed by atoms with Crippen LogP contribution in [0.4, 0.5) is 5.69 Å². The van der Waals surface area contributed by atoms with Crippen LogP contribution in [-0.4, -0.2) is 6.61 Å². The zero-order valence-electron chi connectivity index (χ0n) is 8.57. The minimum absolute atomic E-state index is 0.736. The lowest BCUT2D eigenvalue weighted by atomic mass is 9.77. The van der Waals surface area contributed by atoms with Crippen molar-refractivity contribution in [3.63, 3.8) is 0 Å². The molecule has 0 bridgehead atoms. The molecule has 0 aliphatic heterocycles. The Balaban J connectivity index is 1.83. The Kier molecular flexibility index (Phi) is 2.62. The Hall–Kier alpha value is -1.18. The first-order chi connectivity index (χ1) is 6.75. The van der Waals surface area contributed by atoms with Crippen molar-refractivity contribution < 1.29 is 4.74 Å². The lowest BCUT2D eigenvalue weighted by molar-refractivity contribution is 0.131. The molecule has 2 rings (SSSR count). The predicted octanol–water partition coefficient (Wildman–Crippen LogP) is 2.69. The van der Waals surface area contributed by atoms with E-state index in [1.165, 1.54) is 12.8 Å². The molecule has 1 aliphatic rings. The molecule has 14 heavy (non-hydrogen) atoms. The average molecular weight is 191 g/mol. The van der Waals surface area contributed by atoms with Gasteiger partial charge in [-0.2, -0.15) is 0 Å². The number of nitrogens with two attached hydrogens (primary N) is 1. The molecule has 1 fully saturated rings. The largest absolute Gasteiger partial charge is 0.491 e. The monoisotopic (exact) mass is 191 g/mol. The van der Waals surface area contributed by atoms with E-state index in [1.807, 2.05) is 24.3 Å². The van der Waals surface area contributed by atoms with E-state index in [1.54, 1.807) is 0 Å². The molecule has 76 valence electrons. The van der Waals surface area contributed by atoms with Crippen LogP contribution in [-0.2, 0) is 0 Å². The highest BCUT2D eigenvalue weighted by Crippen LogP contribution is 2.33. The molecular formula is C12H17NO. The number of benzene rings is 1. The van der Waals surface area contributed by atoms with Gasteiger partial charge in [-0.25, -0.2) is 0 Å². The van der Waals surface area contributed by atoms with Crippen LogP contribution >= 0.6 is 0 Å². The van der Waals surface area contributed by atoms with E-state index in [0.29, 0.717) is 0 Å². The van der Waals surface area contributed by atoms with E-state index in [2.05, 4.69) is 6.92 Å². The summed E-state index contributed by atoms with van der Waals surface area (Å²) in [6.07, 6.45) is 2.60. The van der Waals surface area contributed by atoms with Crippen molar-refractivity contribution in [2.75, 3.05) is 12.3 Å². The zero-order valence-corrected chi connectivity index (χ0v) is 8.57. The van der Waals surface area contributed by atoms with Crippen LogP contribution in [0.15, 0.2) is 24.3 Å². The highest BCUT2D eigenvalue weighted by atomic mass is 16.5. The van der Waals surface area contributed by atoms with Gasteiger partial charge in [-0.15, -0.1) is 0 Å². The summed E-state index contributed by atoms with van der Waals surface area (Å²) in [6.45, 7) is 3.10. The van der Waals surface area contributed by atoms with Gasteiger partial charge in [0.1, 0.15) is 5.75 Å². The molecule has 0 radical (unpaired) electrons. The van der Waals surface area contributed by atoms with E-state index in [0.717, 1.165) is 29.9 Å². The standard InChI is InChI=1S/C12H17NO/c1-9-6-10(7-9)8-14-12-5-3-2-4-11(12)13/h2-5,9-10H,6-8,13H2,1H3. The number of nitrogen functional groups attached to an aromatic ring is 1. The van der Waals surface area contributed by atoms with Crippen molar-refractivity contribution in [3.8, 4) is 5.75 Å². The third-order valence-electron chi connectivity index (χ3n) is 2.86. The summed E-state index contributed by atoms with van der Waals surface area (Å²) in [5, 5.41) is 0. The average Bonchev–Trinajstić information content (AvgIpc) is 2.13. The number of anilines is 1. The highest BCUT2D eigenvalue weighted by molar-refractivity contribution is 5.51. The number of hydrogen-bond donors (Lipinski definition) is 1. The van der Waals surface area contributed by atoms with E-state index >= 15 is 0 Å². The second-order valence-corrected chi connectivity index (χ2v) is 4.29. The quantitative estimate of drug-likeness (QED) is 0.745. The second kappa shape index (κ2) is 3.91. The molecule has 0 heterocycles. The van der Waals surface area contributed by atoms with Crippen molar-refractivity contribution in [2.45, 2.75) is 19.8 Å². The molecule has 0 spiro atoms. The topological polar surface area (TPSA) is 35.2 Å². The summed E-state index contributed by atoms with van der Waals surface area (Å²) in [5.41, 5.74) is 6.50. The number of para-hydroxylation sites is 2. The molecule has 1 aromatic rings. The van der Waals surface area contributed by atoms with Crippen LogP contribution in [0.1, 0.15) is 19.8 Å². The van der Waals surface area contributed by atoms with Gasteiger partial charge >= 0.3 is 0 Å². The summed E-state index contributed by atoms with van der Waals surface area (Å²) in [6, 6.07) is 7.68. The van der Waals surface area contributed by atoms with Crippen LogP contribution in [0.25, 0.3) is 0 Å². The molecule has 2 N–H and O–H groups in total. The van der Waals surface area contributed by atoms with Crippen molar-refractivity contribution in [1.29, 1.82) is 0 Å². The molecule has 0 aromatic heterocycles. The summed E-state index contributed by atoms with van der Waals surface area (Å²) >= 11 is 0. The summed E-state index contributed by atoms with van der Waals surface area (Å²) in [5.74, 6) is 2.45. The van der Waals surface area contributed by atoms with Gasteiger partial charge in [-0.1, -0.05) is 19.1 Å². The predicted molar refractivity (Wildman–Crippen MR) is 58.2 cm³/mol. The summed E-state index contributed by atoms with van der Waals surface area (Å²) in [4.78, 5) is 0. The SMILES string of the molecule is CC1CC(COc2ccccc2N)C1. The van der Waals surface area contributed by atoms with Gasteiger partial charge in [0, 0.05) is 0 Å². The minimum atomic E-state index is 0.736. The summed E-state index contributed by atoms with van der Waals surface area (Å²) in [7, 11) is 0. The van der Waals surface area contributed by atoms with Crippen molar-refractivity contribution >= 4 is 5.69 Å². The van der Waals surface area contributed by atoms with Crippen molar-refractivity contribution in [2.24, 2.45) is 11.8 Å². The lowest BCUT2D eigenvalue weighted by Crippen LogP contribution is -2.26. The second-order valence-electron chi connectivity index (χ2n) is 4.29. The maximum Gasteiger partial charge on any atom is 0.142 e. The van der Waals surface area contributed by atoms with Crippen molar-refractivity contribution in [1.82, 2.24) is 0 Å². The molecule has 1 saturated carbocycles. The third kappa shape index (κ3) is 2.00. The molecule has 0 amide bonds. The third-order valence-corrected chi connectivity index (χ3v) is 2.86. The molecule has 2 heteroatoms.